The molecule has 8 nitrogen and oxygen atoms in total. The van der Waals surface area contributed by atoms with Crippen molar-refractivity contribution >= 4 is 11.7 Å². The number of carbonyl (C=O) groups is 1. The largest absolute Gasteiger partial charge is 0.493 e. The van der Waals surface area contributed by atoms with E-state index in [1.807, 2.05) is 35.2 Å². The molecule has 0 aliphatic carbocycles. The molecule has 5 rings (SSSR count). The lowest BCUT2D eigenvalue weighted by Gasteiger charge is -2.43. The number of aliphatic carboxylic acids is 1. The molecule has 34 heavy (non-hydrogen) atoms. The van der Waals surface area contributed by atoms with Crippen molar-refractivity contribution in [3.8, 4) is 23.0 Å². The molecule has 0 spiro atoms. The lowest BCUT2D eigenvalue weighted by atomic mass is 9.84. The Bertz CT molecular complexity index is 1200. The maximum Gasteiger partial charge on any atom is 0.336 e. The molecule has 2 unspecified atom stereocenters. The first-order chi connectivity index (χ1) is 16.4. The van der Waals surface area contributed by atoms with Gasteiger partial charge in [0.05, 0.1) is 12.7 Å². The van der Waals surface area contributed by atoms with Crippen molar-refractivity contribution < 1.29 is 34.0 Å². The van der Waals surface area contributed by atoms with Crippen LogP contribution in [0.3, 0.4) is 0 Å². The number of aliphatic hydroxyl groups excluding tert-OH is 1. The van der Waals surface area contributed by atoms with Crippen LogP contribution in [0.2, 0.25) is 0 Å². The fourth-order valence-corrected chi connectivity index (χ4v) is 4.66. The van der Waals surface area contributed by atoms with Crippen molar-refractivity contribution in [2.45, 2.75) is 39.0 Å². The van der Waals surface area contributed by atoms with E-state index in [4.69, 9.17) is 18.9 Å². The third kappa shape index (κ3) is 3.84. The van der Waals surface area contributed by atoms with Gasteiger partial charge in [-0.15, -0.1) is 0 Å². The fraction of sp³-hybridized carbons (Fsp3) is 0.346. The lowest BCUT2D eigenvalue weighted by Crippen LogP contribution is -2.42. The third-order valence-electron chi connectivity index (χ3n) is 6.49. The molecule has 0 saturated heterocycles. The topological polar surface area (TPSA) is 97.7 Å². The van der Waals surface area contributed by atoms with Crippen molar-refractivity contribution in [3.05, 3.63) is 64.9 Å². The summed E-state index contributed by atoms with van der Waals surface area (Å²) in [6.07, 6.45) is 2.68. The zero-order chi connectivity index (χ0) is 24.0. The molecule has 178 valence electrons. The molecule has 8 heteroatoms. The normalized spacial score (nSPS) is 20.3. The Morgan fingerprint density at radius 2 is 1.97 bits per heavy atom. The molecule has 2 aromatic rings. The van der Waals surface area contributed by atoms with E-state index in [-0.39, 0.29) is 24.3 Å². The molecule has 2 N–H and O–H groups in total. The van der Waals surface area contributed by atoms with Crippen LogP contribution >= 0.6 is 0 Å². The zero-order valence-corrected chi connectivity index (χ0v) is 19.3. The van der Waals surface area contributed by atoms with Gasteiger partial charge in [-0.2, -0.15) is 0 Å². The van der Waals surface area contributed by atoms with Crippen LogP contribution in [0.1, 0.15) is 30.5 Å². The predicted octanol–water partition coefficient (Wildman–Crippen LogP) is 3.57. The Labute approximate surface area is 197 Å². The Morgan fingerprint density at radius 1 is 1.18 bits per heavy atom. The molecule has 3 heterocycles. The van der Waals surface area contributed by atoms with E-state index in [2.05, 4.69) is 13.8 Å². The number of benzene rings is 2. The molecule has 2 atom stereocenters. The summed E-state index contributed by atoms with van der Waals surface area (Å²) < 4.78 is 22.6. The van der Waals surface area contributed by atoms with Gasteiger partial charge < -0.3 is 34.1 Å². The van der Waals surface area contributed by atoms with E-state index in [0.29, 0.717) is 30.3 Å². The highest BCUT2D eigenvalue weighted by atomic mass is 16.7. The summed E-state index contributed by atoms with van der Waals surface area (Å²) in [4.78, 5) is 13.6. The van der Waals surface area contributed by atoms with E-state index < -0.39 is 12.1 Å². The lowest BCUT2D eigenvalue weighted by molar-refractivity contribution is -0.133. The van der Waals surface area contributed by atoms with Crippen LogP contribution < -0.4 is 18.9 Å². The van der Waals surface area contributed by atoms with Gasteiger partial charge in [0.1, 0.15) is 12.7 Å². The molecule has 3 aliphatic rings. The first-order valence-corrected chi connectivity index (χ1v) is 11.2. The molecule has 0 bridgehead atoms. The average Bonchev–Trinajstić information content (AvgIpc) is 3.29. The summed E-state index contributed by atoms with van der Waals surface area (Å²) >= 11 is 0. The number of carboxylic acids is 1. The Hall–Kier alpha value is -3.65. The van der Waals surface area contributed by atoms with Gasteiger partial charge in [0.2, 0.25) is 6.79 Å². The number of carboxylic acid groups (broad SMARTS) is 1. The highest BCUT2D eigenvalue weighted by Crippen LogP contribution is 2.43. The van der Waals surface area contributed by atoms with Crippen LogP contribution in [0.25, 0.3) is 5.70 Å². The Kier molecular flexibility index (Phi) is 5.61. The van der Waals surface area contributed by atoms with Gasteiger partial charge in [0.15, 0.2) is 23.0 Å². The first kappa shape index (κ1) is 22.2. The Balaban J connectivity index is 1.48. The summed E-state index contributed by atoms with van der Waals surface area (Å²) in [5.41, 5.74) is 3.64. The highest BCUT2D eigenvalue weighted by Gasteiger charge is 2.36. The minimum Gasteiger partial charge on any atom is -0.493 e. The molecule has 3 aliphatic heterocycles. The number of methoxy groups -OCH3 is 1. The van der Waals surface area contributed by atoms with Crippen molar-refractivity contribution in [2.75, 3.05) is 13.9 Å². The molecule has 2 aromatic carbocycles. The number of nitrogens with zero attached hydrogens (tertiary/aromatic N) is 1. The van der Waals surface area contributed by atoms with Crippen LogP contribution in [-0.4, -0.2) is 47.1 Å². The van der Waals surface area contributed by atoms with Crippen molar-refractivity contribution in [3.63, 3.8) is 0 Å². The molecule has 0 aromatic heterocycles. The van der Waals surface area contributed by atoms with Crippen LogP contribution in [0, 0.1) is 5.92 Å². The smallest absolute Gasteiger partial charge is 0.336 e. The van der Waals surface area contributed by atoms with Gasteiger partial charge in [-0.3, -0.25) is 0 Å². The average molecular weight is 466 g/mol. The molecule has 0 amide bonds. The Morgan fingerprint density at radius 3 is 2.71 bits per heavy atom. The number of hydrogen-bond donors (Lipinski definition) is 2. The van der Waals surface area contributed by atoms with Crippen LogP contribution in [-0.2, 0) is 17.8 Å². The quantitative estimate of drug-likeness (QED) is 0.668. The molecular weight excluding hydrogens is 438 g/mol. The van der Waals surface area contributed by atoms with E-state index >= 15 is 0 Å². The monoisotopic (exact) mass is 465 g/mol. The predicted molar refractivity (Wildman–Crippen MR) is 124 cm³/mol. The number of ether oxygens (including phenoxy) is 4. The third-order valence-corrected chi connectivity index (χ3v) is 6.49. The summed E-state index contributed by atoms with van der Waals surface area (Å²) in [6.45, 7) is 4.76. The number of aliphatic hydroxyl groups is 1. The zero-order valence-electron chi connectivity index (χ0n) is 19.3. The number of hydrogen-bond acceptors (Lipinski definition) is 7. The minimum atomic E-state index is -1.18. The minimum absolute atomic E-state index is 0.0338. The van der Waals surface area contributed by atoms with E-state index in [1.54, 1.807) is 19.4 Å². The summed E-state index contributed by atoms with van der Waals surface area (Å²) in [6, 6.07) is 9.62. The van der Waals surface area contributed by atoms with Crippen LogP contribution in [0.15, 0.2) is 48.2 Å². The van der Waals surface area contributed by atoms with Crippen LogP contribution in [0.5, 0.6) is 23.0 Å². The summed E-state index contributed by atoms with van der Waals surface area (Å²) in [5, 5.41) is 20.0. The number of fused-ring (bicyclic) bond motifs is 4. The maximum absolute atomic E-state index is 11.6. The van der Waals surface area contributed by atoms with Crippen molar-refractivity contribution in [1.29, 1.82) is 0 Å². The standard InChI is InChI=1S/C26H27NO7/c1-14(2)19-7-16-8-25(32-12-15-4-5-22-24(6-15)34-13-33-22)23(31-3)9-17(16)20-10-21(28)18(26(29)30)11-27(19)20/h4-6,8-11,14,19,21,28H,7,12-13H2,1-3H3,(H,29,30). The second-order valence-electron chi connectivity index (χ2n) is 8.95. The van der Waals surface area contributed by atoms with Gasteiger partial charge in [-0.25, -0.2) is 4.79 Å². The second-order valence-corrected chi connectivity index (χ2v) is 8.95. The van der Waals surface area contributed by atoms with E-state index in [9.17, 15) is 15.0 Å². The summed E-state index contributed by atoms with van der Waals surface area (Å²) in [7, 11) is 1.58. The summed E-state index contributed by atoms with van der Waals surface area (Å²) in [5.74, 6) is 1.73. The van der Waals surface area contributed by atoms with Crippen molar-refractivity contribution in [2.24, 2.45) is 5.92 Å². The van der Waals surface area contributed by atoms with Gasteiger partial charge in [0.25, 0.3) is 0 Å². The maximum atomic E-state index is 11.6. The molecule has 0 saturated carbocycles. The van der Waals surface area contributed by atoms with E-state index in [1.165, 1.54) is 0 Å². The fourth-order valence-electron chi connectivity index (χ4n) is 4.66. The highest BCUT2D eigenvalue weighted by molar-refractivity contribution is 5.90. The van der Waals surface area contributed by atoms with Crippen LogP contribution in [0.4, 0.5) is 0 Å². The van der Waals surface area contributed by atoms with Crippen molar-refractivity contribution in [1.82, 2.24) is 4.90 Å². The van der Waals surface area contributed by atoms with Gasteiger partial charge in [-0.1, -0.05) is 19.9 Å². The SMILES string of the molecule is COc1cc2c(cc1OCc1ccc3c(c1)OCO3)CC(C(C)C)N1C=C(C(=O)O)C(O)C=C21. The first-order valence-electron chi connectivity index (χ1n) is 11.2. The van der Waals surface area contributed by atoms with Gasteiger partial charge in [-0.05, 0) is 53.8 Å². The molecule has 0 fully saturated rings. The second kappa shape index (κ2) is 8.61. The number of rotatable bonds is 6. The van der Waals surface area contributed by atoms with Gasteiger partial charge in [0, 0.05) is 23.5 Å². The molecule has 0 radical (unpaired) electrons. The van der Waals surface area contributed by atoms with E-state index in [0.717, 1.165) is 28.1 Å². The molecular formula is C26H27NO7. The van der Waals surface area contributed by atoms with Gasteiger partial charge >= 0.3 is 5.97 Å².